The van der Waals surface area contributed by atoms with Crippen molar-refractivity contribution >= 4 is 28.6 Å². The monoisotopic (exact) mass is 326 g/mol. The lowest BCUT2D eigenvalue weighted by atomic mass is 10.0. The van der Waals surface area contributed by atoms with Crippen LogP contribution in [-0.2, 0) is 14.3 Å². The van der Waals surface area contributed by atoms with Crippen LogP contribution in [0.4, 0.5) is 0 Å². The Morgan fingerprint density at radius 3 is 2.21 bits per heavy atom. The van der Waals surface area contributed by atoms with E-state index in [1.165, 1.54) is 6.92 Å². The average molecular weight is 326 g/mol. The number of Topliss-reactive ketones (excluding diaryl/α,β-unsaturated/α-hetero) is 1. The molecule has 0 aliphatic carbocycles. The number of ether oxygens (including phenoxy) is 2. The zero-order valence-corrected chi connectivity index (χ0v) is 14.7. The van der Waals surface area contributed by atoms with Crippen LogP contribution in [0.25, 0.3) is 16.8 Å². The van der Waals surface area contributed by atoms with Gasteiger partial charge in [0, 0.05) is 0 Å². The molecule has 0 amide bonds. The highest BCUT2D eigenvalue weighted by Gasteiger charge is 2.22. The van der Waals surface area contributed by atoms with Crippen molar-refractivity contribution in [3.8, 4) is 5.75 Å². The third-order valence-corrected chi connectivity index (χ3v) is 3.38. The largest absolute Gasteiger partial charge is 0.497 e. The highest BCUT2D eigenvalue weighted by atomic mass is 16.6. The van der Waals surface area contributed by atoms with E-state index in [9.17, 15) is 9.59 Å². The van der Waals surface area contributed by atoms with E-state index in [-0.39, 0.29) is 11.4 Å². The molecule has 0 fully saturated rings. The molecule has 126 valence electrons. The summed E-state index contributed by atoms with van der Waals surface area (Å²) in [6.45, 7) is 6.67. The highest BCUT2D eigenvalue weighted by Crippen LogP contribution is 2.23. The first kappa shape index (κ1) is 17.7. The van der Waals surface area contributed by atoms with Crippen LogP contribution in [0.15, 0.2) is 42.0 Å². The maximum Gasteiger partial charge on any atom is 0.342 e. The number of fused-ring (bicyclic) bond motifs is 1. The maximum atomic E-state index is 12.2. The van der Waals surface area contributed by atoms with E-state index in [2.05, 4.69) is 0 Å². The molecule has 0 heterocycles. The smallest absolute Gasteiger partial charge is 0.342 e. The first-order chi connectivity index (χ1) is 11.2. The number of hydrogen-bond donors (Lipinski definition) is 0. The molecule has 0 atom stereocenters. The van der Waals surface area contributed by atoms with E-state index in [1.807, 2.05) is 36.4 Å². The number of benzene rings is 2. The molecule has 4 heteroatoms. The second-order valence-electron chi connectivity index (χ2n) is 6.59. The molecule has 0 aliphatic heterocycles. The minimum atomic E-state index is -0.647. The van der Waals surface area contributed by atoms with Crippen LogP contribution < -0.4 is 4.74 Å². The van der Waals surface area contributed by atoms with Gasteiger partial charge in [-0.05, 0) is 68.3 Å². The second-order valence-corrected chi connectivity index (χ2v) is 6.59. The van der Waals surface area contributed by atoms with Gasteiger partial charge < -0.3 is 9.47 Å². The number of carbonyl (C=O) groups is 2. The predicted octanol–water partition coefficient (Wildman–Crippen LogP) is 4.16. The summed E-state index contributed by atoms with van der Waals surface area (Å²) in [5.74, 6) is -0.145. The van der Waals surface area contributed by atoms with E-state index in [4.69, 9.17) is 9.47 Å². The molecule has 0 saturated heterocycles. The summed E-state index contributed by atoms with van der Waals surface area (Å²) in [6, 6.07) is 11.4. The lowest BCUT2D eigenvalue weighted by molar-refractivity contribution is -0.150. The van der Waals surface area contributed by atoms with Gasteiger partial charge in [0.05, 0.1) is 7.11 Å². The average Bonchev–Trinajstić information content (AvgIpc) is 2.49. The lowest BCUT2D eigenvalue weighted by Crippen LogP contribution is -2.26. The quantitative estimate of drug-likeness (QED) is 0.366. The predicted molar refractivity (Wildman–Crippen MR) is 95.0 cm³/mol. The van der Waals surface area contributed by atoms with Crippen molar-refractivity contribution in [3.05, 3.63) is 47.5 Å². The first-order valence-electron chi connectivity index (χ1n) is 7.73. The molecule has 2 rings (SSSR count). The van der Waals surface area contributed by atoms with Gasteiger partial charge in [-0.2, -0.15) is 0 Å². The third kappa shape index (κ3) is 4.44. The molecule has 0 saturated carbocycles. The van der Waals surface area contributed by atoms with Gasteiger partial charge in [-0.15, -0.1) is 0 Å². The summed E-state index contributed by atoms with van der Waals surface area (Å²) in [7, 11) is 1.62. The van der Waals surface area contributed by atoms with Crippen LogP contribution in [0.3, 0.4) is 0 Å². The second kappa shape index (κ2) is 6.87. The molecule has 2 aromatic rings. The van der Waals surface area contributed by atoms with Gasteiger partial charge in [-0.25, -0.2) is 4.79 Å². The van der Waals surface area contributed by atoms with Crippen LogP contribution in [0.2, 0.25) is 0 Å². The molecule has 24 heavy (non-hydrogen) atoms. The standard InChI is InChI=1S/C20H22O4/c1-13(21)18(19(22)24-20(2,3)4)11-14-6-7-16-12-17(23-5)9-8-15(16)10-14/h6-12H,1-5H3/b18-11+. The number of rotatable bonds is 4. The van der Waals surface area contributed by atoms with Gasteiger partial charge in [0.2, 0.25) is 0 Å². The van der Waals surface area contributed by atoms with Crippen molar-refractivity contribution in [1.82, 2.24) is 0 Å². The van der Waals surface area contributed by atoms with E-state index in [0.717, 1.165) is 22.1 Å². The molecule has 0 radical (unpaired) electrons. The summed E-state index contributed by atoms with van der Waals surface area (Å²) in [5, 5.41) is 2.02. The lowest BCUT2D eigenvalue weighted by Gasteiger charge is -2.20. The van der Waals surface area contributed by atoms with Crippen molar-refractivity contribution in [3.63, 3.8) is 0 Å². The summed E-state index contributed by atoms with van der Waals surface area (Å²) in [5.41, 5.74) is 0.160. The normalized spacial score (nSPS) is 12.1. The molecule has 0 aromatic heterocycles. The minimum Gasteiger partial charge on any atom is -0.497 e. The van der Waals surface area contributed by atoms with Crippen molar-refractivity contribution in [1.29, 1.82) is 0 Å². The van der Waals surface area contributed by atoms with E-state index >= 15 is 0 Å². The van der Waals surface area contributed by atoms with Gasteiger partial charge in [-0.3, -0.25) is 4.79 Å². The molecule has 0 N–H and O–H groups in total. The zero-order chi connectivity index (χ0) is 17.9. The summed E-state index contributed by atoms with van der Waals surface area (Å²) < 4.78 is 10.5. The Morgan fingerprint density at radius 2 is 1.62 bits per heavy atom. The van der Waals surface area contributed by atoms with E-state index < -0.39 is 11.6 Å². The molecule has 0 bridgehead atoms. The zero-order valence-electron chi connectivity index (χ0n) is 14.7. The van der Waals surface area contributed by atoms with E-state index in [0.29, 0.717) is 0 Å². The molecule has 0 aliphatic rings. The first-order valence-corrected chi connectivity index (χ1v) is 7.73. The van der Waals surface area contributed by atoms with Crippen LogP contribution in [0, 0.1) is 0 Å². The molecule has 0 unspecified atom stereocenters. The van der Waals surface area contributed by atoms with Gasteiger partial charge in [-0.1, -0.05) is 18.2 Å². The molecule has 0 spiro atoms. The number of carbonyl (C=O) groups excluding carboxylic acids is 2. The van der Waals surface area contributed by atoms with Gasteiger partial charge in [0.15, 0.2) is 5.78 Å². The number of ketones is 1. The Labute approximate surface area is 142 Å². The van der Waals surface area contributed by atoms with Crippen LogP contribution in [0.5, 0.6) is 5.75 Å². The third-order valence-electron chi connectivity index (χ3n) is 3.38. The fourth-order valence-corrected chi connectivity index (χ4v) is 2.26. The Balaban J connectivity index is 2.40. The van der Waals surface area contributed by atoms with Crippen molar-refractivity contribution in [2.45, 2.75) is 33.3 Å². The molecular weight excluding hydrogens is 304 g/mol. The molecule has 4 nitrogen and oxygen atoms in total. The van der Waals surface area contributed by atoms with Crippen molar-refractivity contribution < 1.29 is 19.1 Å². The topological polar surface area (TPSA) is 52.6 Å². The van der Waals surface area contributed by atoms with Gasteiger partial charge in [0.25, 0.3) is 0 Å². The molecule has 2 aromatic carbocycles. The SMILES string of the molecule is COc1ccc2cc(/C=C(\C(C)=O)C(=O)OC(C)(C)C)ccc2c1. The van der Waals surface area contributed by atoms with E-state index in [1.54, 1.807) is 34.0 Å². The van der Waals surface area contributed by atoms with Gasteiger partial charge >= 0.3 is 5.97 Å². The maximum absolute atomic E-state index is 12.2. The number of hydrogen-bond acceptors (Lipinski definition) is 4. The minimum absolute atomic E-state index is 0.0396. The Kier molecular flexibility index (Phi) is 5.07. The summed E-state index contributed by atoms with van der Waals surface area (Å²) in [4.78, 5) is 24.1. The Morgan fingerprint density at radius 1 is 1.00 bits per heavy atom. The van der Waals surface area contributed by atoms with Crippen molar-refractivity contribution in [2.75, 3.05) is 7.11 Å². The van der Waals surface area contributed by atoms with Crippen molar-refractivity contribution in [2.24, 2.45) is 0 Å². The van der Waals surface area contributed by atoms with Gasteiger partial charge in [0.1, 0.15) is 16.9 Å². The van der Waals surface area contributed by atoms with Crippen LogP contribution >= 0.6 is 0 Å². The Bertz CT molecular complexity index is 810. The molecular formula is C20H22O4. The van der Waals surface area contributed by atoms with Crippen LogP contribution in [-0.4, -0.2) is 24.5 Å². The summed E-state index contributed by atoms with van der Waals surface area (Å²) in [6.07, 6.45) is 1.57. The Hall–Kier alpha value is -2.62. The fourth-order valence-electron chi connectivity index (χ4n) is 2.26. The number of methoxy groups -OCH3 is 1. The fraction of sp³-hybridized carbons (Fsp3) is 0.300. The number of esters is 1. The highest BCUT2D eigenvalue weighted by molar-refractivity contribution is 6.20. The summed E-state index contributed by atoms with van der Waals surface area (Å²) >= 11 is 0. The van der Waals surface area contributed by atoms with Crippen LogP contribution in [0.1, 0.15) is 33.3 Å².